The molecule has 1 aromatic carbocycles. The molecule has 0 saturated carbocycles. The van der Waals surface area contributed by atoms with Crippen LogP contribution in [0.15, 0.2) is 35.8 Å². The molecule has 6 nitrogen and oxygen atoms in total. The third-order valence-corrected chi connectivity index (χ3v) is 4.11. The lowest BCUT2D eigenvalue weighted by Gasteiger charge is -2.17. The molecule has 0 radical (unpaired) electrons. The van der Waals surface area contributed by atoms with E-state index in [1.54, 1.807) is 18.2 Å². The van der Waals surface area contributed by atoms with E-state index in [1.165, 1.54) is 11.3 Å². The van der Waals surface area contributed by atoms with Crippen LogP contribution in [0, 0.1) is 0 Å². The Morgan fingerprint density at radius 2 is 2.23 bits per heavy atom. The summed E-state index contributed by atoms with van der Waals surface area (Å²) in [5.41, 5.74) is 0.745. The van der Waals surface area contributed by atoms with Crippen molar-refractivity contribution in [2.24, 2.45) is 0 Å². The van der Waals surface area contributed by atoms with E-state index >= 15 is 0 Å². The highest BCUT2D eigenvalue weighted by molar-refractivity contribution is 7.11. The number of anilines is 1. The van der Waals surface area contributed by atoms with Gasteiger partial charge in [0.15, 0.2) is 0 Å². The van der Waals surface area contributed by atoms with E-state index in [0.29, 0.717) is 18.3 Å². The van der Waals surface area contributed by atoms with Crippen LogP contribution in [0.3, 0.4) is 0 Å². The maximum absolute atomic E-state index is 12.2. The number of rotatable bonds is 4. The molecule has 22 heavy (non-hydrogen) atoms. The molecule has 0 aliphatic carbocycles. The first kappa shape index (κ1) is 14.6. The molecule has 2 amide bonds. The number of carbonyl (C=O) groups excluding carboxylic acids is 1. The van der Waals surface area contributed by atoms with Crippen LogP contribution in [0.1, 0.15) is 6.42 Å². The smallest absolute Gasteiger partial charge is 0.321 e. The second-order valence-corrected chi connectivity index (χ2v) is 5.79. The van der Waals surface area contributed by atoms with Crippen molar-refractivity contribution < 1.29 is 14.3 Å². The third-order valence-electron chi connectivity index (χ3n) is 3.45. The average Bonchev–Trinajstić information content (AvgIpc) is 3.20. The fraction of sp³-hybridized carbons (Fsp3) is 0.333. The van der Waals surface area contributed by atoms with Crippen molar-refractivity contribution in [2.75, 3.05) is 25.5 Å². The first-order valence-electron chi connectivity index (χ1n) is 7.01. The summed E-state index contributed by atoms with van der Waals surface area (Å²) >= 11 is 1.46. The number of hydrogen-bond acceptors (Lipinski definition) is 5. The maximum Gasteiger partial charge on any atom is 0.321 e. The van der Waals surface area contributed by atoms with Crippen LogP contribution < -0.4 is 14.8 Å². The van der Waals surface area contributed by atoms with Gasteiger partial charge in [-0.2, -0.15) is 0 Å². The van der Waals surface area contributed by atoms with Crippen LogP contribution in [0.2, 0.25) is 0 Å². The zero-order chi connectivity index (χ0) is 15.4. The Morgan fingerprint density at radius 1 is 1.41 bits per heavy atom. The highest BCUT2D eigenvalue weighted by Gasteiger charge is 2.28. The van der Waals surface area contributed by atoms with Gasteiger partial charge in [0.25, 0.3) is 5.19 Å². The monoisotopic (exact) mass is 319 g/mol. The zero-order valence-corrected chi connectivity index (χ0v) is 13.0. The standard InChI is InChI=1S/C15H17N3O3S/c1-20-12-4-2-11(3-5-12)17-14(19)18-8-6-13(10-18)21-15-16-7-9-22-15/h2-5,7,9,13H,6,8,10H2,1H3,(H,17,19). The highest BCUT2D eigenvalue weighted by Crippen LogP contribution is 2.21. The molecule has 1 aliphatic rings. The summed E-state index contributed by atoms with van der Waals surface area (Å²) in [7, 11) is 1.61. The number of methoxy groups -OCH3 is 1. The Hall–Kier alpha value is -2.28. The summed E-state index contributed by atoms with van der Waals surface area (Å²) in [4.78, 5) is 18.1. The molecule has 7 heteroatoms. The minimum atomic E-state index is -0.115. The van der Waals surface area contributed by atoms with Gasteiger partial charge in [-0.1, -0.05) is 11.3 Å². The van der Waals surface area contributed by atoms with Crippen molar-refractivity contribution in [3.8, 4) is 10.9 Å². The molecule has 2 aromatic rings. The van der Waals surface area contributed by atoms with E-state index in [2.05, 4.69) is 10.3 Å². The lowest BCUT2D eigenvalue weighted by atomic mass is 10.3. The average molecular weight is 319 g/mol. The molecular formula is C15H17N3O3S. The van der Waals surface area contributed by atoms with Gasteiger partial charge in [0.05, 0.1) is 13.7 Å². The number of urea groups is 1. The number of hydrogen-bond donors (Lipinski definition) is 1. The summed E-state index contributed by atoms with van der Waals surface area (Å²) in [6, 6.07) is 7.14. The van der Waals surface area contributed by atoms with Gasteiger partial charge in [0.2, 0.25) is 0 Å². The van der Waals surface area contributed by atoms with Crippen molar-refractivity contribution in [3.63, 3.8) is 0 Å². The Kier molecular flexibility index (Phi) is 4.43. The summed E-state index contributed by atoms with van der Waals surface area (Å²) in [6.07, 6.45) is 2.53. The Morgan fingerprint density at radius 3 is 2.91 bits per heavy atom. The molecular weight excluding hydrogens is 302 g/mol. The van der Waals surface area contributed by atoms with E-state index in [9.17, 15) is 4.79 Å². The largest absolute Gasteiger partial charge is 0.497 e. The predicted molar refractivity (Wildman–Crippen MR) is 84.7 cm³/mol. The summed E-state index contributed by atoms with van der Waals surface area (Å²) < 4.78 is 10.8. The van der Waals surface area contributed by atoms with Crippen LogP contribution in [0.25, 0.3) is 0 Å². The van der Waals surface area contributed by atoms with Crippen molar-refractivity contribution in [1.29, 1.82) is 0 Å². The molecule has 0 bridgehead atoms. The molecule has 116 valence electrons. The second-order valence-electron chi connectivity index (χ2n) is 4.93. The van der Waals surface area contributed by atoms with Crippen molar-refractivity contribution >= 4 is 23.1 Å². The molecule has 1 unspecified atom stereocenters. The van der Waals surface area contributed by atoms with E-state index in [4.69, 9.17) is 9.47 Å². The number of nitrogens with one attached hydrogen (secondary N) is 1. The summed E-state index contributed by atoms with van der Waals surface area (Å²) in [5.74, 6) is 0.760. The van der Waals surface area contributed by atoms with Gasteiger partial charge in [-0.05, 0) is 24.3 Å². The molecule has 1 N–H and O–H groups in total. The van der Waals surface area contributed by atoms with Crippen molar-refractivity contribution in [1.82, 2.24) is 9.88 Å². The number of benzene rings is 1. The van der Waals surface area contributed by atoms with Gasteiger partial charge in [-0.25, -0.2) is 9.78 Å². The van der Waals surface area contributed by atoms with Crippen LogP contribution >= 0.6 is 11.3 Å². The minimum absolute atomic E-state index is 0.00719. The van der Waals surface area contributed by atoms with Crippen LogP contribution in [0.5, 0.6) is 10.9 Å². The Bertz CT molecular complexity index is 615. The quantitative estimate of drug-likeness (QED) is 0.941. The van der Waals surface area contributed by atoms with E-state index in [0.717, 1.165) is 17.9 Å². The Labute approximate surface area is 132 Å². The Balaban J connectivity index is 1.52. The van der Waals surface area contributed by atoms with Gasteiger partial charge in [-0.3, -0.25) is 0 Å². The number of carbonyl (C=O) groups is 1. The van der Waals surface area contributed by atoms with Crippen LogP contribution in [-0.4, -0.2) is 42.2 Å². The number of aromatic nitrogens is 1. The topological polar surface area (TPSA) is 63.7 Å². The molecule has 3 rings (SSSR count). The van der Waals surface area contributed by atoms with Gasteiger partial charge in [0, 0.05) is 30.2 Å². The van der Waals surface area contributed by atoms with Gasteiger partial charge >= 0.3 is 6.03 Å². The number of thiazole rings is 1. The summed E-state index contributed by atoms with van der Waals surface area (Å²) in [5, 5.41) is 5.41. The lowest BCUT2D eigenvalue weighted by molar-refractivity contribution is 0.194. The first-order valence-corrected chi connectivity index (χ1v) is 7.88. The molecule has 2 heterocycles. The van der Waals surface area contributed by atoms with Crippen LogP contribution in [0.4, 0.5) is 10.5 Å². The number of likely N-dealkylation sites (tertiary alicyclic amines) is 1. The van der Waals surface area contributed by atoms with Crippen molar-refractivity contribution in [2.45, 2.75) is 12.5 Å². The van der Waals surface area contributed by atoms with Gasteiger partial charge < -0.3 is 19.7 Å². The fourth-order valence-corrected chi connectivity index (χ4v) is 2.85. The third kappa shape index (κ3) is 3.48. The van der Waals surface area contributed by atoms with E-state index in [1.807, 2.05) is 29.6 Å². The molecule has 0 spiro atoms. The number of amides is 2. The SMILES string of the molecule is COc1ccc(NC(=O)N2CCC(Oc3nccs3)C2)cc1. The molecule has 1 aromatic heterocycles. The summed E-state index contributed by atoms with van der Waals surface area (Å²) in [6.45, 7) is 1.25. The molecule has 1 fully saturated rings. The van der Waals surface area contributed by atoms with E-state index < -0.39 is 0 Å². The van der Waals surface area contributed by atoms with E-state index in [-0.39, 0.29) is 12.1 Å². The number of ether oxygens (including phenoxy) is 2. The van der Waals surface area contributed by atoms with Gasteiger partial charge in [0.1, 0.15) is 11.9 Å². The maximum atomic E-state index is 12.2. The molecule has 1 aliphatic heterocycles. The lowest BCUT2D eigenvalue weighted by Crippen LogP contribution is -2.34. The number of nitrogens with zero attached hydrogens (tertiary/aromatic N) is 2. The van der Waals surface area contributed by atoms with Crippen molar-refractivity contribution in [3.05, 3.63) is 35.8 Å². The fourth-order valence-electron chi connectivity index (χ4n) is 2.30. The van der Waals surface area contributed by atoms with Crippen LogP contribution in [-0.2, 0) is 0 Å². The minimum Gasteiger partial charge on any atom is -0.497 e. The van der Waals surface area contributed by atoms with Gasteiger partial charge in [-0.15, -0.1) is 0 Å². The molecule has 1 saturated heterocycles. The predicted octanol–water partition coefficient (Wildman–Crippen LogP) is 2.84. The zero-order valence-electron chi connectivity index (χ0n) is 12.2. The molecule has 1 atom stereocenters. The first-order chi connectivity index (χ1) is 10.7. The second kappa shape index (κ2) is 6.65. The highest BCUT2D eigenvalue weighted by atomic mass is 32.1. The normalized spacial score (nSPS) is 17.3.